The number of guanidine groups is 1. The normalized spacial score (nSPS) is 12.4. The standard InChI is InChI=1S/C20H30N4O2.HI/c1-14(2)10-16(4)26-19-11-15(3)6-7-17(19)12-22-20(21-5)23-13-18-8-9-25-24-18;/h6-9,11,14,16H,10,12-13H2,1-5H3,(H2,21,22,23);1H. The van der Waals surface area contributed by atoms with Crippen LogP contribution in [0.4, 0.5) is 0 Å². The molecule has 1 atom stereocenters. The molecule has 27 heavy (non-hydrogen) atoms. The van der Waals surface area contributed by atoms with E-state index in [9.17, 15) is 0 Å². The molecule has 0 aliphatic carbocycles. The van der Waals surface area contributed by atoms with Gasteiger partial charge in [0, 0.05) is 25.2 Å². The van der Waals surface area contributed by atoms with Gasteiger partial charge in [-0.15, -0.1) is 24.0 Å². The van der Waals surface area contributed by atoms with E-state index in [1.807, 2.05) is 6.07 Å². The maximum absolute atomic E-state index is 6.20. The zero-order valence-corrected chi connectivity index (χ0v) is 19.1. The molecule has 0 saturated carbocycles. The highest BCUT2D eigenvalue weighted by atomic mass is 127. The van der Waals surface area contributed by atoms with E-state index in [4.69, 9.17) is 9.26 Å². The van der Waals surface area contributed by atoms with Crippen LogP contribution in [-0.4, -0.2) is 24.3 Å². The number of aryl methyl sites for hydroxylation is 1. The lowest BCUT2D eigenvalue weighted by Gasteiger charge is -2.20. The molecule has 1 aromatic carbocycles. The lowest BCUT2D eigenvalue weighted by molar-refractivity contribution is 0.191. The van der Waals surface area contributed by atoms with Gasteiger partial charge in [-0.2, -0.15) is 0 Å². The van der Waals surface area contributed by atoms with Crippen molar-refractivity contribution in [3.63, 3.8) is 0 Å². The van der Waals surface area contributed by atoms with Crippen LogP contribution in [-0.2, 0) is 13.1 Å². The number of hydrogen-bond acceptors (Lipinski definition) is 4. The van der Waals surface area contributed by atoms with Crippen LogP contribution in [0, 0.1) is 12.8 Å². The summed E-state index contributed by atoms with van der Waals surface area (Å²) in [6.07, 6.45) is 2.77. The van der Waals surface area contributed by atoms with Crippen molar-refractivity contribution in [3.05, 3.63) is 47.3 Å². The first-order valence-corrected chi connectivity index (χ1v) is 9.08. The Hall–Kier alpha value is -1.77. The van der Waals surface area contributed by atoms with Crippen molar-refractivity contribution in [2.24, 2.45) is 10.9 Å². The SMILES string of the molecule is CN=C(NCc1ccon1)NCc1ccc(C)cc1OC(C)CC(C)C.I. The fourth-order valence-corrected chi connectivity index (χ4v) is 2.75. The zero-order chi connectivity index (χ0) is 18.9. The fourth-order valence-electron chi connectivity index (χ4n) is 2.75. The third-order valence-corrected chi connectivity index (χ3v) is 3.95. The van der Waals surface area contributed by atoms with Crippen LogP contribution in [0.15, 0.2) is 40.0 Å². The molecule has 2 N–H and O–H groups in total. The molecule has 0 amide bonds. The van der Waals surface area contributed by atoms with Crippen molar-refractivity contribution in [1.29, 1.82) is 0 Å². The Kier molecular flexibility index (Phi) is 10.2. The Morgan fingerprint density at radius 2 is 1.93 bits per heavy atom. The van der Waals surface area contributed by atoms with Crippen LogP contribution in [0.5, 0.6) is 5.75 Å². The zero-order valence-electron chi connectivity index (χ0n) is 16.8. The fraction of sp³-hybridized carbons (Fsp3) is 0.500. The highest BCUT2D eigenvalue weighted by Gasteiger charge is 2.11. The van der Waals surface area contributed by atoms with Gasteiger partial charge in [0.1, 0.15) is 17.7 Å². The summed E-state index contributed by atoms with van der Waals surface area (Å²) in [7, 11) is 1.75. The van der Waals surface area contributed by atoms with E-state index in [2.05, 4.69) is 66.7 Å². The van der Waals surface area contributed by atoms with Gasteiger partial charge in [0.05, 0.1) is 12.6 Å². The molecule has 0 aliphatic rings. The quantitative estimate of drug-likeness (QED) is 0.331. The van der Waals surface area contributed by atoms with E-state index in [0.717, 1.165) is 23.4 Å². The topological polar surface area (TPSA) is 71.7 Å². The molecule has 6 nitrogen and oxygen atoms in total. The van der Waals surface area contributed by atoms with E-state index in [0.29, 0.717) is 25.0 Å². The Bertz CT molecular complexity index is 702. The van der Waals surface area contributed by atoms with Gasteiger partial charge in [0.25, 0.3) is 0 Å². The van der Waals surface area contributed by atoms with E-state index < -0.39 is 0 Å². The van der Waals surface area contributed by atoms with Crippen molar-refractivity contribution in [2.75, 3.05) is 7.05 Å². The average molecular weight is 486 g/mol. The second-order valence-corrected chi connectivity index (χ2v) is 6.94. The number of benzene rings is 1. The largest absolute Gasteiger partial charge is 0.490 e. The summed E-state index contributed by atoms with van der Waals surface area (Å²) in [6, 6.07) is 8.12. The van der Waals surface area contributed by atoms with Gasteiger partial charge in [-0.05, 0) is 37.8 Å². The van der Waals surface area contributed by atoms with Crippen LogP contribution in [0.3, 0.4) is 0 Å². The molecule has 0 saturated heterocycles. The predicted octanol–water partition coefficient (Wildman–Crippen LogP) is 4.28. The minimum absolute atomic E-state index is 0. The number of rotatable bonds is 8. The minimum Gasteiger partial charge on any atom is -0.490 e. The molecule has 0 radical (unpaired) electrons. The van der Waals surface area contributed by atoms with E-state index in [1.165, 1.54) is 5.56 Å². The number of ether oxygens (including phenoxy) is 1. The van der Waals surface area contributed by atoms with Crippen LogP contribution < -0.4 is 15.4 Å². The predicted molar refractivity (Wildman–Crippen MR) is 120 cm³/mol. The third-order valence-electron chi connectivity index (χ3n) is 3.95. The van der Waals surface area contributed by atoms with Crippen molar-refractivity contribution in [1.82, 2.24) is 15.8 Å². The molecule has 7 heteroatoms. The maximum atomic E-state index is 6.20. The summed E-state index contributed by atoms with van der Waals surface area (Å²) < 4.78 is 11.0. The number of nitrogens with one attached hydrogen (secondary N) is 2. The second-order valence-electron chi connectivity index (χ2n) is 6.94. The van der Waals surface area contributed by atoms with Crippen LogP contribution in [0.25, 0.3) is 0 Å². The lowest BCUT2D eigenvalue weighted by Crippen LogP contribution is -2.36. The molecular weight excluding hydrogens is 455 g/mol. The van der Waals surface area contributed by atoms with Crippen LogP contribution >= 0.6 is 24.0 Å². The van der Waals surface area contributed by atoms with Crippen molar-refractivity contribution in [3.8, 4) is 5.75 Å². The van der Waals surface area contributed by atoms with Gasteiger partial charge in [0.15, 0.2) is 5.96 Å². The summed E-state index contributed by atoms with van der Waals surface area (Å²) in [6.45, 7) is 9.81. The maximum Gasteiger partial charge on any atom is 0.191 e. The van der Waals surface area contributed by atoms with Gasteiger partial charge >= 0.3 is 0 Å². The molecule has 2 aromatic rings. The van der Waals surface area contributed by atoms with Gasteiger partial charge in [-0.1, -0.05) is 31.1 Å². The van der Waals surface area contributed by atoms with Crippen molar-refractivity contribution < 1.29 is 9.26 Å². The van der Waals surface area contributed by atoms with E-state index in [-0.39, 0.29) is 30.1 Å². The van der Waals surface area contributed by atoms with Gasteiger partial charge in [0.2, 0.25) is 0 Å². The molecule has 0 fully saturated rings. The summed E-state index contributed by atoms with van der Waals surface area (Å²) >= 11 is 0. The molecule has 0 spiro atoms. The molecule has 2 rings (SSSR count). The van der Waals surface area contributed by atoms with Crippen LogP contribution in [0.1, 0.15) is 44.0 Å². The summed E-state index contributed by atoms with van der Waals surface area (Å²) in [5.41, 5.74) is 3.12. The molecule has 1 aromatic heterocycles. The number of aliphatic imine (C=N–C) groups is 1. The highest BCUT2D eigenvalue weighted by molar-refractivity contribution is 14.0. The monoisotopic (exact) mass is 486 g/mol. The molecule has 0 aliphatic heterocycles. The second kappa shape index (κ2) is 11.8. The van der Waals surface area contributed by atoms with Crippen molar-refractivity contribution >= 4 is 29.9 Å². The van der Waals surface area contributed by atoms with E-state index in [1.54, 1.807) is 13.3 Å². The highest BCUT2D eigenvalue weighted by Crippen LogP contribution is 2.23. The van der Waals surface area contributed by atoms with E-state index >= 15 is 0 Å². The average Bonchev–Trinajstić information content (AvgIpc) is 3.09. The number of nitrogens with zero attached hydrogens (tertiary/aromatic N) is 2. The van der Waals surface area contributed by atoms with Crippen molar-refractivity contribution in [2.45, 2.75) is 53.3 Å². The van der Waals surface area contributed by atoms with Crippen LogP contribution in [0.2, 0.25) is 0 Å². The number of aromatic nitrogens is 1. The molecule has 1 heterocycles. The molecule has 1 unspecified atom stereocenters. The van der Waals surface area contributed by atoms with Gasteiger partial charge in [-0.25, -0.2) is 0 Å². The molecule has 150 valence electrons. The first-order chi connectivity index (χ1) is 12.5. The van der Waals surface area contributed by atoms with Gasteiger partial charge in [-0.3, -0.25) is 4.99 Å². The first-order valence-electron chi connectivity index (χ1n) is 9.08. The number of halogens is 1. The minimum atomic E-state index is 0. The molecule has 0 bridgehead atoms. The first kappa shape index (κ1) is 23.3. The Morgan fingerprint density at radius 3 is 2.56 bits per heavy atom. The Balaban J connectivity index is 0.00000364. The summed E-state index contributed by atoms with van der Waals surface area (Å²) in [5, 5.41) is 10.4. The van der Waals surface area contributed by atoms with Gasteiger partial charge < -0.3 is 19.9 Å². The third kappa shape index (κ3) is 8.19. The molecular formula is C20H31IN4O2. The Morgan fingerprint density at radius 1 is 1.19 bits per heavy atom. The lowest BCUT2D eigenvalue weighted by atomic mass is 10.1. The summed E-state index contributed by atoms with van der Waals surface area (Å²) in [4.78, 5) is 4.25. The Labute approximate surface area is 179 Å². The summed E-state index contributed by atoms with van der Waals surface area (Å²) in [5.74, 6) is 2.24. The number of hydrogen-bond donors (Lipinski definition) is 2. The smallest absolute Gasteiger partial charge is 0.191 e.